The lowest BCUT2D eigenvalue weighted by molar-refractivity contribution is -0.133. The first-order valence-corrected chi connectivity index (χ1v) is 11.9. The third-order valence-corrected chi connectivity index (χ3v) is 6.58. The van der Waals surface area contributed by atoms with Crippen molar-refractivity contribution in [3.63, 3.8) is 0 Å². The van der Waals surface area contributed by atoms with Crippen LogP contribution in [-0.4, -0.2) is 22.4 Å². The predicted molar refractivity (Wildman–Crippen MR) is 143 cm³/mol. The number of benzene rings is 3. The Kier molecular flexibility index (Phi) is 7.16. The predicted octanol–water partition coefficient (Wildman–Crippen LogP) is 6.29. The zero-order valence-corrected chi connectivity index (χ0v) is 21.7. The number of aryl methyl sites for hydroxylation is 2. The number of aromatic nitrogens is 1. The summed E-state index contributed by atoms with van der Waals surface area (Å²) in [5.74, 6) is -2.38. The van der Waals surface area contributed by atoms with Gasteiger partial charge in [-0.05, 0) is 73.5 Å². The Balaban J connectivity index is 1.62. The molecule has 0 saturated heterocycles. The third kappa shape index (κ3) is 5.51. The van der Waals surface area contributed by atoms with Crippen LogP contribution in [0.15, 0.2) is 65.1 Å². The molecule has 0 unspecified atom stereocenters. The van der Waals surface area contributed by atoms with Crippen LogP contribution in [0.25, 0.3) is 10.9 Å². The van der Waals surface area contributed by atoms with Gasteiger partial charge >= 0.3 is 11.8 Å². The van der Waals surface area contributed by atoms with Gasteiger partial charge in [0.05, 0.1) is 5.52 Å². The maximum atomic E-state index is 13.1. The SMILES string of the molecule is Cc1ccc(NC(=O)C(=O)Nn2c(C(=O)Nc3ccc(C)c(Cl)c3)cc3cc(Br)ccc32)cc1Cl. The van der Waals surface area contributed by atoms with Gasteiger partial charge in [-0.3, -0.25) is 19.8 Å². The van der Waals surface area contributed by atoms with Crippen molar-refractivity contribution in [2.45, 2.75) is 13.8 Å². The molecule has 3 amide bonds. The van der Waals surface area contributed by atoms with Crippen molar-refractivity contribution >= 4 is 79.1 Å². The van der Waals surface area contributed by atoms with Gasteiger partial charge in [-0.2, -0.15) is 0 Å². The fourth-order valence-corrected chi connectivity index (χ4v) is 4.09. The minimum absolute atomic E-state index is 0.120. The van der Waals surface area contributed by atoms with Crippen molar-refractivity contribution in [3.05, 3.63) is 92.0 Å². The molecule has 1 aromatic heterocycles. The van der Waals surface area contributed by atoms with E-state index in [4.69, 9.17) is 23.2 Å². The summed E-state index contributed by atoms with van der Waals surface area (Å²) in [6.07, 6.45) is 0. The number of fused-ring (bicyclic) bond motifs is 1. The molecular weight excluding hydrogens is 555 g/mol. The molecule has 1 heterocycles. The highest BCUT2D eigenvalue weighted by Gasteiger charge is 2.21. The van der Waals surface area contributed by atoms with Gasteiger partial charge in [-0.1, -0.05) is 51.3 Å². The first kappa shape index (κ1) is 24.8. The highest BCUT2D eigenvalue weighted by atomic mass is 79.9. The van der Waals surface area contributed by atoms with Gasteiger partial charge in [0, 0.05) is 31.3 Å². The number of nitrogens with one attached hydrogen (secondary N) is 3. The van der Waals surface area contributed by atoms with E-state index >= 15 is 0 Å². The van der Waals surface area contributed by atoms with Gasteiger partial charge in [0.15, 0.2) is 0 Å². The van der Waals surface area contributed by atoms with Gasteiger partial charge in [0.1, 0.15) is 5.69 Å². The second-order valence-electron chi connectivity index (χ2n) is 7.85. The summed E-state index contributed by atoms with van der Waals surface area (Å²) in [6.45, 7) is 3.68. The summed E-state index contributed by atoms with van der Waals surface area (Å²) in [7, 11) is 0. The van der Waals surface area contributed by atoms with Crippen molar-refractivity contribution in [2.75, 3.05) is 16.1 Å². The number of hydrogen-bond donors (Lipinski definition) is 3. The highest BCUT2D eigenvalue weighted by molar-refractivity contribution is 9.10. The van der Waals surface area contributed by atoms with E-state index < -0.39 is 17.7 Å². The minimum Gasteiger partial charge on any atom is -0.321 e. The summed E-state index contributed by atoms with van der Waals surface area (Å²) in [5, 5.41) is 6.93. The van der Waals surface area contributed by atoms with Crippen LogP contribution in [0.1, 0.15) is 21.6 Å². The van der Waals surface area contributed by atoms with Crippen LogP contribution in [0.3, 0.4) is 0 Å². The largest absolute Gasteiger partial charge is 0.328 e. The molecule has 0 aliphatic carbocycles. The number of hydrogen-bond acceptors (Lipinski definition) is 3. The summed E-state index contributed by atoms with van der Waals surface area (Å²) < 4.78 is 2.07. The van der Waals surface area contributed by atoms with Crippen LogP contribution in [0.2, 0.25) is 10.0 Å². The highest BCUT2D eigenvalue weighted by Crippen LogP contribution is 2.25. The quantitative estimate of drug-likeness (QED) is 0.251. The van der Waals surface area contributed by atoms with Gasteiger partial charge in [0.2, 0.25) is 0 Å². The maximum absolute atomic E-state index is 13.1. The zero-order chi connectivity index (χ0) is 25.3. The molecule has 10 heteroatoms. The second kappa shape index (κ2) is 10.1. The lowest BCUT2D eigenvalue weighted by atomic mass is 10.2. The number of amides is 3. The fraction of sp³-hybridized carbons (Fsp3) is 0.0800. The van der Waals surface area contributed by atoms with E-state index in [2.05, 4.69) is 32.0 Å². The van der Waals surface area contributed by atoms with Gasteiger partial charge in [0.25, 0.3) is 5.91 Å². The average molecular weight is 574 g/mol. The monoisotopic (exact) mass is 572 g/mol. The summed E-state index contributed by atoms with van der Waals surface area (Å²) in [4.78, 5) is 38.5. The number of carbonyl (C=O) groups excluding carboxylic acids is 3. The molecule has 0 bridgehead atoms. The van der Waals surface area contributed by atoms with Crippen molar-refractivity contribution in [1.82, 2.24) is 4.68 Å². The van der Waals surface area contributed by atoms with Crippen molar-refractivity contribution in [2.24, 2.45) is 0 Å². The van der Waals surface area contributed by atoms with E-state index in [9.17, 15) is 14.4 Å². The number of carbonyl (C=O) groups is 3. The molecule has 3 aromatic carbocycles. The van der Waals surface area contributed by atoms with Crippen molar-refractivity contribution < 1.29 is 14.4 Å². The van der Waals surface area contributed by atoms with Gasteiger partial charge < -0.3 is 10.6 Å². The molecule has 0 aliphatic rings. The standard InChI is InChI=1S/C25H19BrCl2N4O3/c1-13-3-6-17(11-19(13)27)29-23(33)22-10-15-9-16(26)5-8-21(15)32(22)31-25(35)24(34)30-18-7-4-14(2)20(28)12-18/h3-12H,1-2H3,(H,29,33)(H,30,34)(H,31,35). The Hall–Kier alpha value is -3.33. The molecule has 0 aliphatic heterocycles. The molecule has 0 spiro atoms. The van der Waals surface area contributed by atoms with E-state index in [0.29, 0.717) is 32.3 Å². The molecule has 7 nitrogen and oxygen atoms in total. The lowest BCUT2D eigenvalue weighted by Crippen LogP contribution is -2.36. The normalized spacial score (nSPS) is 10.8. The Labute approximate surface area is 219 Å². The molecule has 0 atom stereocenters. The molecule has 0 radical (unpaired) electrons. The van der Waals surface area contributed by atoms with Crippen molar-refractivity contribution in [3.8, 4) is 0 Å². The number of halogens is 3. The number of nitrogens with zero attached hydrogens (tertiary/aromatic N) is 1. The van der Waals surface area contributed by atoms with E-state index in [1.165, 1.54) is 4.68 Å². The van der Waals surface area contributed by atoms with Crippen LogP contribution in [0.4, 0.5) is 11.4 Å². The summed E-state index contributed by atoms with van der Waals surface area (Å²) in [5.41, 5.74) is 5.73. The van der Waals surface area contributed by atoms with Crippen LogP contribution < -0.4 is 16.1 Å². The van der Waals surface area contributed by atoms with E-state index in [0.717, 1.165) is 15.6 Å². The van der Waals surface area contributed by atoms with Crippen LogP contribution in [-0.2, 0) is 9.59 Å². The fourth-order valence-electron chi connectivity index (χ4n) is 3.35. The lowest BCUT2D eigenvalue weighted by Gasteiger charge is -2.13. The van der Waals surface area contributed by atoms with Gasteiger partial charge in [-0.25, -0.2) is 4.68 Å². The van der Waals surface area contributed by atoms with E-state index in [1.54, 1.807) is 60.7 Å². The number of anilines is 2. The molecule has 35 heavy (non-hydrogen) atoms. The summed E-state index contributed by atoms with van der Waals surface area (Å²) in [6, 6.07) is 17.0. The second-order valence-corrected chi connectivity index (χ2v) is 9.58. The topological polar surface area (TPSA) is 92.2 Å². The first-order chi connectivity index (χ1) is 16.6. The molecule has 4 aromatic rings. The van der Waals surface area contributed by atoms with Crippen molar-refractivity contribution in [1.29, 1.82) is 0 Å². The van der Waals surface area contributed by atoms with Crippen LogP contribution >= 0.6 is 39.1 Å². The van der Waals surface area contributed by atoms with Gasteiger partial charge in [-0.15, -0.1) is 0 Å². The first-order valence-electron chi connectivity index (χ1n) is 10.4. The molecule has 0 fully saturated rings. The molecule has 3 N–H and O–H groups in total. The Morgan fingerprint density at radius 3 is 1.97 bits per heavy atom. The maximum Gasteiger partial charge on any atom is 0.328 e. The van der Waals surface area contributed by atoms with Crippen LogP contribution in [0.5, 0.6) is 0 Å². The Bertz CT molecular complexity index is 1500. The smallest absolute Gasteiger partial charge is 0.321 e. The third-order valence-electron chi connectivity index (χ3n) is 5.28. The van der Waals surface area contributed by atoms with E-state index in [-0.39, 0.29) is 5.69 Å². The number of rotatable bonds is 4. The zero-order valence-electron chi connectivity index (χ0n) is 18.6. The molecular formula is C25H19BrCl2N4O3. The average Bonchev–Trinajstić information content (AvgIpc) is 3.16. The molecule has 0 saturated carbocycles. The Morgan fingerprint density at radius 2 is 1.37 bits per heavy atom. The summed E-state index contributed by atoms with van der Waals surface area (Å²) >= 11 is 15.7. The minimum atomic E-state index is -0.963. The molecule has 178 valence electrons. The molecule has 4 rings (SSSR count). The Morgan fingerprint density at radius 1 is 0.771 bits per heavy atom. The van der Waals surface area contributed by atoms with E-state index in [1.807, 2.05) is 13.8 Å². The van der Waals surface area contributed by atoms with Crippen LogP contribution in [0, 0.1) is 13.8 Å².